The minimum atomic E-state index is 0.683. The molecule has 1 heterocycles. The third kappa shape index (κ3) is 4.51. The highest BCUT2D eigenvalue weighted by Gasteiger charge is 1.91. The zero-order valence-corrected chi connectivity index (χ0v) is 7.90. The maximum atomic E-state index is 8.27. The zero-order chi connectivity index (χ0) is 8.69. The standard InChI is InChI=1S/C5H4N2S.C3H8/c1-4-7-3-5(2-6)8-4;1-3-2/h3H,1H3;3H2,1-2H3. The molecule has 3 heteroatoms. The molecule has 0 aliphatic carbocycles. The average molecular weight is 168 g/mol. The van der Waals surface area contributed by atoms with Crippen molar-refractivity contribution in [2.45, 2.75) is 27.2 Å². The maximum Gasteiger partial charge on any atom is 0.124 e. The number of rotatable bonds is 0. The first-order chi connectivity index (χ1) is 5.24. The van der Waals surface area contributed by atoms with Gasteiger partial charge in [0.2, 0.25) is 0 Å². The number of hydrogen-bond donors (Lipinski definition) is 0. The van der Waals surface area contributed by atoms with E-state index in [9.17, 15) is 0 Å². The molecule has 0 aliphatic heterocycles. The van der Waals surface area contributed by atoms with Crippen LogP contribution in [-0.4, -0.2) is 4.98 Å². The van der Waals surface area contributed by atoms with E-state index in [0.717, 1.165) is 5.01 Å². The fourth-order valence-corrected chi connectivity index (χ4v) is 0.988. The Hall–Kier alpha value is -0.880. The number of nitriles is 1. The highest BCUT2D eigenvalue weighted by Crippen LogP contribution is 2.08. The lowest BCUT2D eigenvalue weighted by Crippen LogP contribution is -1.57. The van der Waals surface area contributed by atoms with Crippen molar-refractivity contribution >= 4 is 11.3 Å². The number of nitrogens with zero attached hydrogens (tertiary/aromatic N) is 2. The van der Waals surface area contributed by atoms with Crippen LogP contribution in [0.25, 0.3) is 0 Å². The predicted molar refractivity (Wildman–Crippen MR) is 47.5 cm³/mol. The average Bonchev–Trinajstić information content (AvgIpc) is 2.37. The Balaban J connectivity index is 0.000000292. The number of aryl methyl sites for hydroxylation is 1. The van der Waals surface area contributed by atoms with Crippen LogP contribution in [0, 0.1) is 18.3 Å². The highest BCUT2D eigenvalue weighted by atomic mass is 32.1. The van der Waals surface area contributed by atoms with Gasteiger partial charge in [-0.2, -0.15) is 5.26 Å². The van der Waals surface area contributed by atoms with Gasteiger partial charge in [-0.25, -0.2) is 4.98 Å². The first kappa shape index (κ1) is 10.1. The van der Waals surface area contributed by atoms with Gasteiger partial charge in [-0.3, -0.25) is 0 Å². The van der Waals surface area contributed by atoms with Crippen LogP contribution in [0.2, 0.25) is 0 Å². The first-order valence-corrected chi connectivity index (χ1v) is 4.38. The van der Waals surface area contributed by atoms with Crippen LogP contribution >= 0.6 is 11.3 Å². The summed E-state index contributed by atoms with van der Waals surface area (Å²) in [5.41, 5.74) is 0. The van der Waals surface area contributed by atoms with E-state index in [2.05, 4.69) is 18.8 Å². The lowest BCUT2D eigenvalue weighted by Gasteiger charge is -1.67. The van der Waals surface area contributed by atoms with Crippen molar-refractivity contribution in [1.82, 2.24) is 4.98 Å². The second-order valence-corrected chi connectivity index (χ2v) is 3.30. The summed E-state index contributed by atoms with van der Waals surface area (Å²) in [5.74, 6) is 0. The van der Waals surface area contributed by atoms with Crippen LogP contribution in [0.15, 0.2) is 6.20 Å². The van der Waals surface area contributed by atoms with Crippen LogP contribution in [-0.2, 0) is 0 Å². The van der Waals surface area contributed by atoms with Crippen LogP contribution in [0.3, 0.4) is 0 Å². The fourth-order valence-electron chi connectivity index (χ4n) is 0.413. The lowest BCUT2D eigenvalue weighted by molar-refractivity contribution is 1.09. The van der Waals surface area contributed by atoms with Gasteiger partial charge in [-0.15, -0.1) is 11.3 Å². The minimum Gasteiger partial charge on any atom is -0.249 e. The zero-order valence-electron chi connectivity index (χ0n) is 7.09. The fraction of sp³-hybridized carbons (Fsp3) is 0.500. The normalized spacial score (nSPS) is 7.82. The highest BCUT2D eigenvalue weighted by molar-refractivity contribution is 7.12. The van der Waals surface area contributed by atoms with Gasteiger partial charge in [-0.1, -0.05) is 20.3 Å². The molecule has 0 aliphatic rings. The third-order valence-electron chi connectivity index (χ3n) is 0.731. The Morgan fingerprint density at radius 3 is 2.36 bits per heavy atom. The molecule has 0 saturated heterocycles. The first-order valence-electron chi connectivity index (χ1n) is 3.57. The van der Waals surface area contributed by atoms with Gasteiger partial charge in [0.15, 0.2) is 0 Å². The molecule has 1 aromatic rings. The summed E-state index contributed by atoms with van der Waals surface area (Å²) in [6.45, 7) is 6.13. The summed E-state index contributed by atoms with van der Waals surface area (Å²) in [6, 6.07) is 2.00. The summed E-state index contributed by atoms with van der Waals surface area (Å²) in [7, 11) is 0. The van der Waals surface area contributed by atoms with Crippen molar-refractivity contribution in [2.24, 2.45) is 0 Å². The van der Waals surface area contributed by atoms with E-state index in [1.54, 1.807) is 6.20 Å². The third-order valence-corrected chi connectivity index (χ3v) is 1.55. The molecule has 0 saturated carbocycles. The Labute approximate surface area is 71.5 Å². The molecule has 0 fully saturated rings. The van der Waals surface area contributed by atoms with Crippen molar-refractivity contribution in [3.63, 3.8) is 0 Å². The Morgan fingerprint density at radius 2 is 2.18 bits per heavy atom. The second kappa shape index (κ2) is 5.87. The maximum absolute atomic E-state index is 8.27. The van der Waals surface area contributed by atoms with Crippen molar-refractivity contribution in [2.75, 3.05) is 0 Å². The van der Waals surface area contributed by atoms with E-state index >= 15 is 0 Å². The molecule has 0 radical (unpaired) electrons. The lowest BCUT2D eigenvalue weighted by atomic mass is 10.6. The summed E-state index contributed by atoms with van der Waals surface area (Å²) >= 11 is 1.42. The summed E-state index contributed by atoms with van der Waals surface area (Å²) in [5, 5.41) is 9.22. The van der Waals surface area contributed by atoms with Gasteiger partial charge >= 0.3 is 0 Å². The van der Waals surface area contributed by atoms with Crippen LogP contribution in [0.5, 0.6) is 0 Å². The molecular weight excluding hydrogens is 156 g/mol. The molecule has 11 heavy (non-hydrogen) atoms. The van der Waals surface area contributed by atoms with E-state index < -0.39 is 0 Å². The molecule has 0 atom stereocenters. The summed E-state index contributed by atoms with van der Waals surface area (Å²) < 4.78 is 0. The summed E-state index contributed by atoms with van der Waals surface area (Å²) in [6.07, 6.45) is 2.83. The number of thiazole rings is 1. The predicted octanol–water partition coefficient (Wildman–Crippen LogP) is 2.74. The van der Waals surface area contributed by atoms with E-state index in [1.165, 1.54) is 17.8 Å². The van der Waals surface area contributed by atoms with E-state index in [-0.39, 0.29) is 0 Å². The summed E-state index contributed by atoms with van der Waals surface area (Å²) in [4.78, 5) is 4.57. The van der Waals surface area contributed by atoms with Gasteiger partial charge in [0, 0.05) is 0 Å². The van der Waals surface area contributed by atoms with Gasteiger partial charge in [-0.05, 0) is 6.92 Å². The van der Waals surface area contributed by atoms with E-state index in [4.69, 9.17) is 5.26 Å². The number of aromatic nitrogens is 1. The molecule has 2 nitrogen and oxygen atoms in total. The van der Waals surface area contributed by atoms with Gasteiger partial charge in [0.1, 0.15) is 10.9 Å². The van der Waals surface area contributed by atoms with Crippen LogP contribution in [0.4, 0.5) is 0 Å². The topological polar surface area (TPSA) is 36.7 Å². The molecular formula is C8H12N2S. The quantitative estimate of drug-likeness (QED) is 0.597. The Morgan fingerprint density at radius 1 is 1.64 bits per heavy atom. The van der Waals surface area contributed by atoms with Gasteiger partial charge < -0.3 is 0 Å². The molecule has 60 valence electrons. The molecule has 0 N–H and O–H groups in total. The van der Waals surface area contributed by atoms with Gasteiger partial charge in [0.25, 0.3) is 0 Å². The van der Waals surface area contributed by atoms with Gasteiger partial charge in [0.05, 0.1) is 11.2 Å². The molecule has 0 spiro atoms. The largest absolute Gasteiger partial charge is 0.249 e. The van der Waals surface area contributed by atoms with Crippen molar-refractivity contribution in [3.8, 4) is 6.07 Å². The van der Waals surface area contributed by atoms with E-state index in [0.29, 0.717) is 4.88 Å². The Bertz CT molecular complexity index is 234. The van der Waals surface area contributed by atoms with Crippen LogP contribution < -0.4 is 0 Å². The van der Waals surface area contributed by atoms with E-state index in [1.807, 2.05) is 13.0 Å². The minimum absolute atomic E-state index is 0.683. The van der Waals surface area contributed by atoms with Crippen molar-refractivity contribution < 1.29 is 0 Å². The molecule has 0 unspecified atom stereocenters. The molecule has 0 aromatic carbocycles. The molecule has 0 bridgehead atoms. The Kier molecular flexibility index (Phi) is 5.40. The van der Waals surface area contributed by atoms with Crippen LogP contribution in [0.1, 0.15) is 30.2 Å². The number of hydrogen-bond acceptors (Lipinski definition) is 3. The smallest absolute Gasteiger partial charge is 0.124 e. The van der Waals surface area contributed by atoms with Crippen molar-refractivity contribution in [3.05, 3.63) is 16.1 Å². The second-order valence-electron chi connectivity index (χ2n) is 2.06. The molecule has 1 aromatic heterocycles. The molecule has 0 amide bonds. The monoisotopic (exact) mass is 168 g/mol. The SMILES string of the molecule is CCC.Cc1ncc(C#N)s1. The van der Waals surface area contributed by atoms with Crippen molar-refractivity contribution in [1.29, 1.82) is 5.26 Å². The molecule has 1 rings (SSSR count).